The van der Waals surface area contributed by atoms with Gasteiger partial charge in [-0.05, 0) is 45.7 Å². The van der Waals surface area contributed by atoms with Gasteiger partial charge in [-0.25, -0.2) is 0 Å². The molecule has 1 N–H and O–H groups in total. The molecule has 0 aliphatic heterocycles. The Morgan fingerprint density at radius 1 is 1.32 bits per heavy atom. The van der Waals surface area contributed by atoms with E-state index in [0.29, 0.717) is 19.6 Å². The van der Waals surface area contributed by atoms with Crippen LogP contribution >= 0.6 is 11.3 Å². The zero-order valence-corrected chi connectivity index (χ0v) is 14.8. The summed E-state index contributed by atoms with van der Waals surface area (Å²) >= 11 is 1.69. The van der Waals surface area contributed by atoms with Crippen molar-refractivity contribution in [3.63, 3.8) is 0 Å². The summed E-state index contributed by atoms with van der Waals surface area (Å²) in [6.07, 6.45) is 0.845. The average Bonchev–Trinajstić information content (AvgIpc) is 3.00. The molecular formula is C16H27N3O2S. The van der Waals surface area contributed by atoms with Gasteiger partial charge in [-0.3, -0.25) is 14.5 Å². The molecule has 0 fully saturated rings. The van der Waals surface area contributed by atoms with Crippen LogP contribution in [0.2, 0.25) is 0 Å². The minimum absolute atomic E-state index is 0.0357. The van der Waals surface area contributed by atoms with Gasteiger partial charge in [-0.1, -0.05) is 6.07 Å². The maximum atomic E-state index is 12.1. The number of rotatable bonds is 9. The number of likely N-dealkylation sites (N-methyl/N-ethyl adjacent to an activating group) is 2. The Morgan fingerprint density at radius 3 is 2.55 bits per heavy atom. The van der Waals surface area contributed by atoms with Gasteiger partial charge in [0.15, 0.2) is 0 Å². The Kier molecular flexibility index (Phi) is 8.12. The van der Waals surface area contributed by atoms with Crippen LogP contribution in [0, 0.1) is 0 Å². The lowest BCUT2D eigenvalue weighted by molar-refractivity contribution is -0.133. The Balaban J connectivity index is 2.36. The highest BCUT2D eigenvalue weighted by atomic mass is 32.1. The topological polar surface area (TPSA) is 52.7 Å². The van der Waals surface area contributed by atoms with Crippen LogP contribution in [0.5, 0.6) is 0 Å². The van der Waals surface area contributed by atoms with Crippen LogP contribution in [-0.4, -0.2) is 60.9 Å². The fourth-order valence-corrected chi connectivity index (χ4v) is 2.85. The van der Waals surface area contributed by atoms with Crippen LogP contribution < -0.4 is 5.32 Å². The third-order valence-corrected chi connectivity index (χ3v) is 4.73. The van der Waals surface area contributed by atoms with E-state index in [4.69, 9.17) is 0 Å². The van der Waals surface area contributed by atoms with Crippen LogP contribution in [0.3, 0.4) is 0 Å². The van der Waals surface area contributed by atoms with Gasteiger partial charge in [0.25, 0.3) is 0 Å². The number of hydrogen-bond donors (Lipinski definition) is 1. The number of thiophene rings is 1. The van der Waals surface area contributed by atoms with Crippen molar-refractivity contribution in [1.29, 1.82) is 0 Å². The molecule has 0 saturated carbocycles. The van der Waals surface area contributed by atoms with Crippen molar-refractivity contribution in [2.45, 2.75) is 33.2 Å². The van der Waals surface area contributed by atoms with Crippen molar-refractivity contribution < 1.29 is 9.59 Å². The van der Waals surface area contributed by atoms with E-state index in [1.165, 1.54) is 4.88 Å². The Hall–Kier alpha value is -1.40. The molecule has 0 bridgehead atoms. The number of amides is 2. The molecule has 5 nitrogen and oxygen atoms in total. The average molecular weight is 325 g/mol. The van der Waals surface area contributed by atoms with E-state index in [1.807, 2.05) is 39.3 Å². The molecule has 22 heavy (non-hydrogen) atoms. The van der Waals surface area contributed by atoms with Crippen molar-refractivity contribution in [2.24, 2.45) is 0 Å². The van der Waals surface area contributed by atoms with Crippen LogP contribution in [0.15, 0.2) is 17.5 Å². The summed E-state index contributed by atoms with van der Waals surface area (Å²) in [5.74, 6) is 0.0251. The molecule has 0 saturated heterocycles. The fourth-order valence-electron chi connectivity index (χ4n) is 2.14. The van der Waals surface area contributed by atoms with Gasteiger partial charge < -0.3 is 10.2 Å². The predicted octanol–water partition coefficient (Wildman–Crippen LogP) is 1.60. The van der Waals surface area contributed by atoms with Gasteiger partial charge in [0.1, 0.15) is 0 Å². The molecule has 2 amide bonds. The first-order valence-corrected chi connectivity index (χ1v) is 8.65. The van der Waals surface area contributed by atoms with E-state index in [2.05, 4.69) is 11.4 Å². The highest BCUT2D eigenvalue weighted by molar-refractivity contribution is 7.09. The minimum Gasteiger partial charge on any atom is -0.354 e. The molecule has 0 aromatic carbocycles. The lowest BCUT2D eigenvalue weighted by Crippen LogP contribution is -2.48. The molecule has 1 aromatic rings. The molecule has 0 aliphatic rings. The van der Waals surface area contributed by atoms with Gasteiger partial charge in [0.2, 0.25) is 11.8 Å². The molecule has 0 aliphatic carbocycles. The third-order valence-electron chi connectivity index (χ3n) is 3.79. The maximum absolute atomic E-state index is 12.1. The fraction of sp³-hybridized carbons (Fsp3) is 0.625. The van der Waals surface area contributed by atoms with Crippen molar-refractivity contribution in [2.75, 3.05) is 33.2 Å². The van der Waals surface area contributed by atoms with Crippen LogP contribution in [0.1, 0.15) is 25.6 Å². The van der Waals surface area contributed by atoms with E-state index < -0.39 is 0 Å². The quantitative estimate of drug-likeness (QED) is 0.750. The molecule has 1 rings (SSSR count). The van der Waals surface area contributed by atoms with Crippen molar-refractivity contribution in [3.8, 4) is 0 Å². The molecule has 1 atom stereocenters. The number of hydrogen-bond acceptors (Lipinski definition) is 4. The van der Waals surface area contributed by atoms with E-state index >= 15 is 0 Å². The summed E-state index contributed by atoms with van der Waals surface area (Å²) in [5.41, 5.74) is 0. The second kappa shape index (κ2) is 9.58. The summed E-state index contributed by atoms with van der Waals surface area (Å²) < 4.78 is 0. The first kappa shape index (κ1) is 18.6. The number of carbonyl (C=O) groups is 2. The molecule has 1 heterocycles. The normalized spacial score (nSPS) is 12.2. The van der Waals surface area contributed by atoms with Gasteiger partial charge in [0.05, 0.1) is 12.6 Å². The van der Waals surface area contributed by atoms with Crippen LogP contribution in [-0.2, 0) is 16.0 Å². The van der Waals surface area contributed by atoms with Gasteiger partial charge in [0, 0.05) is 24.5 Å². The molecule has 1 unspecified atom stereocenters. The minimum atomic E-state index is -0.317. The molecule has 0 spiro atoms. The van der Waals surface area contributed by atoms with Crippen LogP contribution in [0.4, 0.5) is 0 Å². The molecule has 0 radical (unpaired) electrons. The molecular weight excluding hydrogens is 298 g/mol. The monoisotopic (exact) mass is 325 g/mol. The second-order valence-corrected chi connectivity index (χ2v) is 6.31. The summed E-state index contributed by atoms with van der Waals surface area (Å²) in [4.78, 5) is 29.0. The lowest BCUT2D eigenvalue weighted by Gasteiger charge is -2.26. The second-order valence-electron chi connectivity index (χ2n) is 5.28. The largest absolute Gasteiger partial charge is 0.354 e. The lowest BCUT2D eigenvalue weighted by atomic mass is 10.2. The predicted molar refractivity (Wildman–Crippen MR) is 91.1 cm³/mol. The van der Waals surface area contributed by atoms with E-state index in [-0.39, 0.29) is 24.4 Å². The standard InChI is InChI=1S/C16H27N3O2S/c1-5-19(6-2)15(20)12-18(4)13(3)16(21)17-10-9-14-8-7-11-22-14/h7-8,11,13H,5-6,9-10,12H2,1-4H3,(H,17,21). The Morgan fingerprint density at radius 2 is 2.00 bits per heavy atom. The first-order valence-electron chi connectivity index (χ1n) is 7.77. The summed E-state index contributed by atoms with van der Waals surface area (Å²) in [6.45, 7) is 8.04. The van der Waals surface area contributed by atoms with Gasteiger partial charge in [-0.15, -0.1) is 11.3 Å². The van der Waals surface area contributed by atoms with E-state index in [1.54, 1.807) is 21.1 Å². The smallest absolute Gasteiger partial charge is 0.237 e. The molecule has 124 valence electrons. The Bertz CT molecular complexity index is 458. The third kappa shape index (κ3) is 5.77. The zero-order chi connectivity index (χ0) is 16.5. The Labute approximate surface area is 137 Å². The van der Waals surface area contributed by atoms with Crippen LogP contribution in [0.25, 0.3) is 0 Å². The first-order chi connectivity index (χ1) is 10.5. The van der Waals surface area contributed by atoms with Gasteiger partial charge in [-0.2, -0.15) is 0 Å². The summed E-state index contributed by atoms with van der Waals surface area (Å²) in [7, 11) is 1.81. The van der Waals surface area contributed by atoms with E-state index in [0.717, 1.165) is 6.42 Å². The number of carbonyl (C=O) groups excluding carboxylic acids is 2. The number of nitrogens with zero attached hydrogens (tertiary/aromatic N) is 2. The zero-order valence-electron chi connectivity index (χ0n) is 14.0. The summed E-state index contributed by atoms with van der Waals surface area (Å²) in [6, 6.07) is 3.76. The van der Waals surface area contributed by atoms with E-state index in [9.17, 15) is 9.59 Å². The SMILES string of the molecule is CCN(CC)C(=O)CN(C)C(C)C(=O)NCCc1cccs1. The maximum Gasteiger partial charge on any atom is 0.237 e. The van der Waals surface area contributed by atoms with Crippen molar-refractivity contribution in [3.05, 3.63) is 22.4 Å². The highest BCUT2D eigenvalue weighted by Gasteiger charge is 2.21. The van der Waals surface area contributed by atoms with Crippen molar-refractivity contribution >= 4 is 23.2 Å². The molecule has 1 aromatic heterocycles. The van der Waals surface area contributed by atoms with Crippen molar-refractivity contribution in [1.82, 2.24) is 15.1 Å². The summed E-state index contributed by atoms with van der Waals surface area (Å²) in [5, 5.41) is 4.97. The van der Waals surface area contributed by atoms with Gasteiger partial charge >= 0.3 is 0 Å². The number of nitrogens with one attached hydrogen (secondary N) is 1. The molecule has 6 heteroatoms. The highest BCUT2D eigenvalue weighted by Crippen LogP contribution is 2.08.